The number of nitrogens with one attached hydrogen (secondary N) is 3. The number of carbonyl (C=O) groups is 3. The molecule has 7 nitrogen and oxygen atoms in total. The van der Waals surface area contributed by atoms with Gasteiger partial charge in [-0.3, -0.25) is 14.4 Å². The van der Waals surface area contributed by atoms with E-state index in [9.17, 15) is 14.4 Å². The Kier molecular flexibility index (Phi) is 9.02. The molecule has 2 aromatic rings. The van der Waals surface area contributed by atoms with E-state index in [4.69, 9.17) is 4.74 Å². The number of benzene rings is 2. The van der Waals surface area contributed by atoms with E-state index in [1.807, 2.05) is 32.9 Å². The summed E-state index contributed by atoms with van der Waals surface area (Å²) in [5.41, 5.74) is 2.14. The lowest BCUT2D eigenvalue weighted by Crippen LogP contribution is -2.47. The molecule has 0 saturated heterocycles. The van der Waals surface area contributed by atoms with Gasteiger partial charge in [0.15, 0.2) is 6.61 Å². The third kappa shape index (κ3) is 7.93. The first-order valence-electron chi connectivity index (χ1n) is 11.2. The van der Waals surface area contributed by atoms with Crippen LogP contribution in [0.25, 0.3) is 0 Å². The van der Waals surface area contributed by atoms with Crippen LogP contribution in [0.1, 0.15) is 57.5 Å². The summed E-state index contributed by atoms with van der Waals surface area (Å²) in [5, 5.41) is 8.33. The molecule has 3 amide bonds. The van der Waals surface area contributed by atoms with Crippen LogP contribution in [-0.2, 0) is 15.0 Å². The standard InChI is InChI=1S/C26H35N3O4/c1-7-27-22(30)16-33-21-10-8-9-20(15-21)28-25(32)23(17(2)3)29-24(31)18-11-13-19(14-12-18)26(4,5)6/h8-15,17,23H,7,16H2,1-6H3,(H,27,30)(H,28,32)(H,29,31). The van der Waals surface area contributed by atoms with Gasteiger partial charge < -0.3 is 20.7 Å². The minimum atomic E-state index is -0.723. The third-order valence-corrected chi connectivity index (χ3v) is 5.09. The van der Waals surface area contributed by atoms with Crippen LogP contribution < -0.4 is 20.7 Å². The summed E-state index contributed by atoms with van der Waals surface area (Å²) in [6, 6.07) is 13.5. The van der Waals surface area contributed by atoms with Crippen LogP contribution >= 0.6 is 0 Å². The Labute approximate surface area is 196 Å². The molecule has 2 rings (SSSR count). The Bertz CT molecular complexity index is 962. The third-order valence-electron chi connectivity index (χ3n) is 5.09. The fourth-order valence-corrected chi connectivity index (χ4v) is 3.16. The summed E-state index contributed by atoms with van der Waals surface area (Å²) in [4.78, 5) is 37.3. The molecule has 0 aliphatic rings. The predicted molar refractivity (Wildman–Crippen MR) is 130 cm³/mol. The van der Waals surface area contributed by atoms with Gasteiger partial charge in [-0.25, -0.2) is 0 Å². The van der Waals surface area contributed by atoms with Gasteiger partial charge in [-0.05, 0) is 48.1 Å². The molecule has 1 atom stereocenters. The molecule has 0 aliphatic heterocycles. The topological polar surface area (TPSA) is 96.5 Å². The quantitative estimate of drug-likeness (QED) is 0.537. The number of hydrogen-bond donors (Lipinski definition) is 3. The second kappa shape index (κ2) is 11.5. The molecule has 0 heterocycles. The lowest BCUT2D eigenvalue weighted by atomic mass is 9.86. The molecular weight excluding hydrogens is 418 g/mol. The maximum Gasteiger partial charge on any atom is 0.257 e. The molecule has 2 aromatic carbocycles. The lowest BCUT2D eigenvalue weighted by Gasteiger charge is -2.22. The zero-order valence-electron chi connectivity index (χ0n) is 20.3. The summed E-state index contributed by atoms with van der Waals surface area (Å²) in [7, 11) is 0. The van der Waals surface area contributed by atoms with Gasteiger partial charge in [-0.1, -0.05) is 52.8 Å². The molecule has 0 fully saturated rings. The van der Waals surface area contributed by atoms with Crippen molar-refractivity contribution in [2.75, 3.05) is 18.5 Å². The molecule has 0 saturated carbocycles. The zero-order valence-corrected chi connectivity index (χ0v) is 20.3. The molecule has 1 unspecified atom stereocenters. The largest absolute Gasteiger partial charge is 0.484 e. The van der Waals surface area contributed by atoms with Gasteiger partial charge in [0, 0.05) is 23.9 Å². The zero-order chi connectivity index (χ0) is 24.6. The van der Waals surface area contributed by atoms with Gasteiger partial charge in [0.25, 0.3) is 11.8 Å². The molecule has 3 N–H and O–H groups in total. The van der Waals surface area contributed by atoms with Crippen LogP contribution in [0.15, 0.2) is 48.5 Å². The molecule has 0 radical (unpaired) electrons. The number of amides is 3. The monoisotopic (exact) mass is 453 g/mol. The summed E-state index contributed by atoms with van der Waals surface area (Å²) in [6.45, 7) is 12.3. The van der Waals surface area contributed by atoms with Gasteiger partial charge in [-0.2, -0.15) is 0 Å². The average molecular weight is 454 g/mol. The summed E-state index contributed by atoms with van der Waals surface area (Å²) < 4.78 is 5.47. The van der Waals surface area contributed by atoms with Crippen molar-refractivity contribution in [2.24, 2.45) is 5.92 Å². The van der Waals surface area contributed by atoms with Gasteiger partial charge >= 0.3 is 0 Å². The molecule has 178 valence electrons. The highest BCUT2D eigenvalue weighted by atomic mass is 16.5. The van der Waals surface area contributed by atoms with Crippen LogP contribution in [0.5, 0.6) is 5.75 Å². The van der Waals surface area contributed by atoms with E-state index in [2.05, 4.69) is 36.7 Å². The maximum absolute atomic E-state index is 12.9. The number of likely N-dealkylation sites (N-methyl/N-ethyl adjacent to an activating group) is 1. The van der Waals surface area contributed by atoms with Crippen molar-refractivity contribution in [3.63, 3.8) is 0 Å². The van der Waals surface area contributed by atoms with E-state index in [1.54, 1.807) is 36.4 Å². The summed E-state index contributed by atoms with van der Waals surface area (Å²) in [6.07, 6.45) is 0. The first-order chi connectivity index (χ1) is 15.5. The van der Waals surface area contributed by atoms with Crippen molar-refractivity contribution in [2.45, 2.75) is 53.0 Å². The Hall–Kier alpha value is -3.35. The Morgan fingerprint density at radius 1 is 1.00 bits per heavy atom. The van der Waals surface area contributed by atoms with E-state index in [1.165, 1.54) is 0 Å². The van der Waals surface area contributed by atoms with Gasteiger partial charge in [0.1, 0.15) is 11.8 Å². The van der Waals surface area contributed by atoms with Gasteiger partial charge in [0.2, 0.25) is 5.91 Å². The van der Waals surface area contributed by atoms with Crippen molar-refractivity contribution in [3.05, 3.63) is 59.7 Å². The number of anilines is 1. The molecule has 7 heteroatoms. The van der Waals surface area contributed by atoms with Gasteiger partial charge in [-0.15, -0.1) is 0 Å². The first kappa shape index (κ1) is 25.9. The second-order valence-electron chi connectivity index (χ2n) is 9.28. The van der Waals surface area contributed by atoms with Crippen molar-refractivity contribution >= 4 is 23.4 Å². The highest BCUT2D eigenvalue weighted by Gasteiger charge is 2.25. The minimum absolute atomic E-state index is 0.00654. The number of carbonyl (C=O) groups excluding carboxylic acids is 3. The highest BCUT2D eigenvalue weighted by molar-refractivity contribution is 6.01. The first-order valence-corrected chi connectivity index (χ1v) is 11.2. The van der Waals surface area contributed by atoms with Crippen LogP contribution in [0.3, 0.4) is 0 Å². The van der Waals surface area contributed by atoms with Crippen LogP contribution in [0.2, 0.25) is 0 Å². The van der Waals surface area contributed by atoms with E-state index in [0.717, 1.165) is 5.56 Å². The van der Waals surface area contributed by atoms with Crippen molar-refractivity contribution in [3.8, 4) is 5.75 Å². The summed E-state index contributed by atoms with van der Waals surface area (Å²) in [5.74, 6) is -0.512. The van der Waals surface area contributed by atoms with Crippen LogP contribution in [-0.4, -0.2) is 36.9 Å². The maximum atomic E-state index is 12.9. The molecule has 0 bridgehead atoms. The Morgan fingerprint density at radius 2 is 1.67 bits per heavy atom. The van der Waals surface area contributed by atoms with Crippen molar-refractivity contribution in [1.29, 1.82) is 0 Å². The van der Waals surface area contributed by atoms with Crippen molar-refractivity contribution in [1.82, 2.24) is 10.6 Å². The smallest absolute Gasteiger partial charge is 0.257 e. The number of rotatable bonds is 9. The highest BCUT2D eigenvalue weighted by Crippen LogP contribution is 2.22. The van der Waals surface area contributed by atoms with Crippen molar-refractivity contribution < 1.29 is 19.1 Å². The number of ether oxygens (including phenoxy) is 1. The molecular formula is C26H35N3O4. The summed E-state index contributed by atoms with van der Waals surface area (Å²) >= 11 is 0. The van der Waals surface area contributed by atoms with E-state index < -0.39 is 6.04 Å². The number of hydrogen-bond acceptors (Lipinski definition) is 4. The lowest BCUT2D eigenvalue weighted by molar-refractivity contribution is -0.123. The molecule has 0 spiro atoms. The normalized spacial score (nSPS) is 12.1. The van der Waals surface area contributed by atoms with Gasteiger partial charge in [0.05, 0.1) is 0 Å². The minimum Gasteiger partial charge on any atom is -0.484 e. The Morgan fingerprint density at radius 3 is 2.24 bits per heavy atom. The molecule has 0 aliphatic carbocycles. The SMILES string of the molecule is CCNC(=O)COc1cccc(NC(=O)C(NC(=O)c2ccc(C(C)(C)C)cc2)C(C)C)c1. The van der Waals surface area contributed by atoms with E-state index in [-0.39, 0.29) is 35.7 Å². The molecule has 33 heavy (non-hydrogen) atoms. The van der Waals surface area contributed by atoms with Crippen LogP contribution in [0, 0.1) is 5.92 Å². The fraction of sp³-hybridized carbons (Fsp3) is 0.423. The molecule has 0 aromatic heterocycles. The van der Waals surface area contributed by atoms with Crippen LogP contribution in [0.4, 0.5) is 5.69 Å². The average Bonchev–Trinajstić information content (AvgIpc) is 2.75. The van der Waals surface area contributed by atoms with E-state index in [0.29, 0.717) is 23.5 Å². The second-order valence-corrected chi connectivity index (χ2v) is 9.28. The fourth-order valence-electron chi connectivity index (χ4n) is 3.16. The van der Waals surface area contributed by atoms with E-state index >= 15 is 0 Å². The Balaban J connectivity index is 2.04. The predicted octanol–water partition coefficient (Wildman–Crippen LogP) is 3.89.